The molecule has 1 aliphatic rings. The van der Waals surface area contributed by atoms with Crippen LogP contribution in [0.15, 0.2) is 87.6 Å². The summed E-state index contributed by atoms with van der Waals surface area (Å²) < 4.78 is 71.5. The fourth-order valence-electron chi connectivity index (χ4n) is 4.61. The molecule has 1 aromatic heterocycles. The van der Waals surface area contributed by atoms with E-state index in [1.54, 1.807) is 86.6 Å². The number of thiazole rings is 1. The van der Waals surface area contributed by atoms with E-state index < -0.39 is 20.2 Å². The number of nitrogens with zero attached hydrogens (tertiary/aromatic N) is 3. The van der Waals surface area contributed by atoms with Crippen molar-refractivity contribution in [3.63, 3.8) is 0 Å². The number of nitroso groups, excluding NO2 is 1. The van der Waals surface area contributed by atoms with Gasteiger partial charge in [-0.2, -0.15) is 0 Å². The van der Waals surface area contributed by atoms with E-state index in [-0.39, 0.29) is 68.9 Å². The first-order valence-electron chi connectivity index (χ1n) is 12.5. The predicted molar refractivity (Wildman–Crippen MR) is 162 cm³/mol. The Balaban J connectivity index is 0.00000230. The number of aryl methyl sites for hydroxylation is 2. The maximum absolute atomic E-state index is 12.8. The van der Waals surface area contributed by atoms with Gasteiger partial charge in [-0.05, 0) is 73.5 Å². The van der Waals surface area contributed by atoms with E-state index in [1.165, 1.54) is 0 Å². The average molecular weight is 698 g/mol. The van der Waals surface area contributed by atoms with Crippen LogP contribution in [0.1, 0.15) is 16.7 Å². The van der Waals surface area contributed by atoms with Crippen molar-refractivity contribution in [2.75, 3.05) is 5.43 Å². The van der Waals surface area contributed by atoms with Crippen LogP contribution < -0.4 is 69.9 Å². The molecule has 0 bridgehead atoms. The standard InChI is InChI=1S/C28H20N4O7S4.2Na/c1-15-3-13-21-23(25(15)42(34,35)36)40-27(29-21)17-5-9-19(10-6-17)31-32(33)20-11-7-18(8-12-20)28-30-22-14-4-16(2)26(24(22)41-28)43(37,38)39;;/h3-14H,1-2H3,(H2-,31,33,34,35,36,37,38,39);;/q;2*+1/p-1. The van der Waals surface area contributed by atoms with Crippen molar-refractivity contribution in [2.45, 2.75) is 23.6 Å². The molecule has 0 radical (unpaired) electrons. The Labute approximate surface area is 309 Å². The summed E-state index contributed by atoms with van der Waals surface area (Å²) in [7, 11) is -8.25. The van der Waals surface area contributed by atoms with Crippen LogP contribution in [0.5, 0.6) is 0 Å². The minimum Gasteiger partial charge on any atom is -0.744 e. The van der Waals surface area contributed by atoms with Gasteiger partial charge in [-0.25, -0.2) is 26.8 Å². The van der Waals surface area contributed by atoms with Crippen molar-refractivity contribution in [1.29, 1.82) is 0 Å². The normalized spacial score (nSPS) is 12.4. The minimum atomic E-state index is -4.68. The summed E-state index contributed by atoms with van der Waals surface area (Å²) in [6.45, 7) is 3.12. The molecule has 17 heteroatoms. The maximum atomic E-state index is 12.8. The predicted octanol–water partition coefficient (Wildman–Crippen LogP) is -1.37. The third-order valence-corrected chi connectivity index (χ3v) is 11.2. The Kier molecular flexibility index (Phi) is 10.8. The van der Waals surface area contributed by atoms with Crippen LogP contribution in [0, 0.1) is 23.3 Å². The van der Waals surface area contributed by atoms with E-state index in [9.17, 15) is 30.8 Å². The second kappa shape index (κ2) is 13.5. The third kappa shape index (κ3) is 7.25. The minimum absolute atomic E-state index is 0. The van der Waals surface area contributed by atoms with Gasteiger partial charge in [-0.15, -0.1) is 27.7 Å². The first-order chi connectivity index (χ1) is 20.3. The van der Waals surface area contributed by atoms with Gasteiger partial charge in [-0.1, -0.05) is 12.1 Å². The van der Waals surface area contributed by atoms with Crippen LogP contribution in [-0.2, 0) is 20.2 Å². The molecule has 6 rings (SSSR count). The van der Waals surface area contributed by atoms with E-state index >= 15 is 0 Å². The molecule has 0 saturated heterocycles. The second-order valence-electron chi connectivity index (χ2n) is 9.60. The smallest absolute Gasteiger partial charge is 0.744 e. The number of fused-ring (bicyclic) bond motifs is 2. The fraction of sp³-hybridized carbons (Fsp3) is 0.0714. The van der Waals surface area contributed by atoms with Crippen molar-refractivity contribution >= 4 is 69.1 Å². The molecule has 0 saturated carbocycles. The van der Waals surface area contributed by atoms with Gasteiger partial charge in [0.05, 0.1) is 34.8 Å². The number of aromatic nitrogens is 1. The molecule has 218 valence electrons. The molecule has 5 aromatic rings. The first kappa shape index (κ1) is 35.7. The van der Waals surface area contributed by atoms with E-state index in [4.69, 9.17) is 0 Å². The second-order valence-corrected chi connectivity index (χ2v) is 14.2. The molecule has 45 heavy (non-hydrogen) atoms. The van der Waals surface area contributed by atoms with Crippen LogP contribution in [0.4, 0.5) is 11.4 Å². The molecule has 0 aliphatic carbocycles. The van der Waals surface area contributed by atoms with Crippen molar-refractivity contribution in [3.05, 3.63) is 104 Å². The van der Waals surface area contributed by atoms with Crippen molar-refractivity contribution in [2.24, 2.45) is 4.99 Å². The topological polar surface area (TPSA) is 172 Å². The first-order valence-corrected chi connectivity index (χ1v) is 16.9. The summed E-state index contributed by atoms with van der Waals surface area (Å²) in [6, 6.07) is 19.7. The van der Waals surface area contributed by atoms with Crippen molar-refractivity contribution in [3.8, 4) is 10.6 Å². The van der Waals surface area contributed by atoms with Gasteiger partial charge >= 0.3 is 59.1 Å². The largest absolute Gasteiger partial charge is 1.00 e. The zero-order valence-electron chi connectivity index (χ0n) is 24.3. The van der Waals surface area contributed by atoms with Gasteiger partial charge < -0.3 is 9.11 Å². The van der Waals surface area contributed by atoms with Gasteiger partial charge in [0, 0.05) is 23.3 Å². The summed E-state index contributed by atoms with van der Waals surface area (Å²) in [4.78, 5) is 22.3. The summed E-state index contributed by atoms with van der Waals surface area (Å²) in [5.41, 5.74) is 5.95. The molecule has 11 nitrogen and oxygen atoms in total. The van der Waals surface area contributed by atoms with Gasteiger partial charge in [0.1, 0.15) is 35.9 Å². The molecule has 1 aliphatic heterocycles. The summed E-state index contributed by atoms with van der Waals surface area (Å²) in [6.07, 6.45) is 0. The van der Waals surface area contributed by atoms with E-state index in [1.807, 2.05) is 0 Å². The average Bonchev–Trinajstić information content (AvgIpc) is 3.56. The number of hydrogen-bond acceptors (Lipinski definition) is 10. The summed E-state index contributed by atoms with van der Waals surface area (Å²) in [5, 5.41) is 0.913. The SMILES string of the molecule is Cc1ccc2c(c1S(=O)(=O)[O-])=S=C(c1ccc(N[N+](=O)c3ccc(-c4nc5ccc(C)c(S(=O)(=O)[O-])c5s4)cc3)cc1)N=2.[Na+].[Na+]. The molecule has 0 atom stereocenters. The summed E-state index contributed by atoms with van der Waals surface area (Å²) in [5.74, 6) is 0. The quantitative estimate of drug-likeness (QED) is 0.0709. The summed E-state index contributed by atoms with van der Waals surface area (Å²) >= 11 is 1.09. The Hall–Kier alpha value is -2.12. The van der Waals surface area contributed by atoms with Crippen LogP contribution in [-0.4, -0.2) is 40.8 Å². The van der Waals surface area contributed by atoms with Gasteiger partial charge in [0.15, 0.2) is 4.87 Å². The molecule has 0 amide bonds. The van der Waals surface area contributed by atoms with Crippen molar-refractivity contribution < 1.29 is 89.9 Å². The molecular formula is C28H19N4Na2O7S4+. The van der Waals surface area contributed by atoms with Crippen LogP contribution in [0.3, 0.4) is 0 Å². The fourth-order valence-corrected chi connectivity index (χ4v) is 9.19. The Morgan fingerprint density at radius 1 is 0.756 bits per heavy atom. The van der Waals surface area contributed by atoms with Gasteiger partial charge in [-0.3, -0.25) is 0 Å². The number of anilines is 1. The van der Waals surface area contributed by atoms with Crippen LogP contribution in [0.25, 0.3) is 20.8 Å². The zero-order valence-corrected chi connectivity index (χ0v) is 31.5. The number of hydrogen-bond donors (Lipinski definition) is 1. The molecule has 0 unspecified atom stereocenters. The monoisotopic (exact) mass is 697 g/mol. The number of hydrazine groups is 1. The number of benzene rings is 4. The van der Waals surface area contributed by atoms with E-state index in [0.29, 0.717) is 68.6 Å². The van der Waals surface area contributed by atoms with Gasteiger partial charge in [0.25, 0.3) is 5.69 Å². The van der Waals surface area contributed by atoms with Crippen LogP contribution >= 0.6 is 22.3 Å². The van der Waals surface area contributed by atoms with Crippen LogP contribution in [0.2, 0.25) is 0 Å². The third-order valence-electron chi connectivity index (χ3n) is 6.63. The molecule has 0 spiro atoms. The molecule has 0 fully saturated rings. The number of nitrogens with one attached hydrogen (secondary N) is 1. The molecule has 1 N–H and O–H groups in total. The van der Waals surface area contributed by atoms with E-state index in [2.05, 4.69) is 15.4 Å². The van der Waals surface area contributed by atoms with E-state index in [0.717, 1.165) is 22.3 Å². The maximum Gasteiger partial charge on any atom is 1.00 e. The zero-order chi connectivity index (χ0) is 30.7. The Morgan fingerprint density at radius 3 is 1.96 bits per heavy atom. The Morgan fingerprint density at radius 2 is 1.33 bits per heavy atom. The molecular weight excluding hydrogens is 679 g/mol. The van der Waals surface area contributed by atoms with Crippen molar-refractivity contribution in [1.82, 2.24) is 4.98 Å². The molecule has 2 heterocycles. The van der Waals surface area contributed by atoms with Gasteiger partial charge in [0.2, 0.25) is 0 Å². The number of rotatable bonds is 7. The Bertz CT molecular complexity index is 2390. The molecule has 4 aromatic carbocycles.